The number of nitrogens with zero attached hydrogens (tertiary/aromatic N) is 2. The van der Waals surface area contributed by atoms with Crippen LogP contribution < -0.4 is 5.56 Å². The number of benzene rings is 4. The second-order valence-electron chi connectivity index (χ2n) is 8.13. The Labute approximate surface area is 194 Å². The molecule has 0 radical (unpaired) electrons. The van der Waals surface area contributed by atoms with Gasteiger partial charge in [-0.15, -0.1) is 0 Å². The highest BCUT2D eigenvalue weighted by atomic mass is 16.6. The highest BCUT2D eigenvalue weighted by molar-refractivity contribution is 5.89. The van der Waals surface area contributed by atoms with Gasteiger partial charge >= 0.3 is 0 Å². The minimum Gasteiger partial charge on any atom is -0.508 e. The van der Waals surface area contributed by atoms with E-state index >= 15 is 0 Å². The maximum atomic E-state index is 13.8. The van der Waals surface area contributed by atoms with Gasteiger partial charge < -0.3 is 5.11 Å². The van der Waals surface area contributed by atoms with E-state index in [0.29, 0.717) is 28.1 Å². The van der Waals surface area contributed by atoms with Crippen molar-refractivity contribution in [3.8, 4) is 11.4 Å². The van der Waals surface area contributed by atoms with Crippen molar-refractivity contribution in [2.45, 2.75) is 12.8 Å². The monoisotopic (exact) mass is 451 g/mol. The molecule has 0 amide bonds. The molecule has 1 heterocycles. The molecule has 0 aliphatic rings. The standard InChI is InChI=1S/C27H21N3O4/c1-17-24(27(32)29(28-17)20-10-3-2-4-11-20)25(19-9-7-12-21(16-19)30(33)34)26-22-13-6-5-8-18(22)14-15-23(26)31/h2-16,25,28,31H,1H3. The Bertz CT molecular complexity index is 1590. The predicted octanol–water partition coefficient (Wildman–Crippen LogP) is 5.42. The summed E-state index contributed by atoms with van der Waals surface area (Å²) in [5, 5.41) is 27.4. The number of hydrogen-bond acceptors (Lipinski definition) is 4. The van der Waals surface area contributed by atoms with E-state index in [1.54, 1.807) is 25.1 Å². The first-order valence-corrected chi connectivity index (χ1v) is 10.8. The Morgan fingerprint density at radius 1 is 0.912 bits per heavy atom. The first kappa shape index (κ1) is 21.2. The number of aromatic nitrogens is 2. The number of non-ortho nitro benzene ring substituents is 1. The maximum Gasteiger partial charge on any atom is 0.275 e. The summed E-state index contributed by atoms with van der Waals surface area (Å²) >= 11 is 0. The van der Waals surface area contributed by atoms with Crippen molar-refractivity contribution in [1.82, 2.24) is 9.78 Å². The van der Waals surface area contributed by atoms with Crippen LogP contribution in [0.5, 0.6) is 5.75 Å². The third-order valence-corrected chi connectivity index (χ3v) is 6.07. The fourth-order valence-corrected chi connectivity index (χ4v) is 4.54. The van der Waals surface area contributed by atoms with Crippen LogP contribution in [0.25, 0.3) is 16.5 Å². The third kappa shape index (κ3) is 3.53. The van der Waals surface area contributed by atoms with Crippen LogP contribution >= 0.6 is 0 Å². The number of aryl methyl sites for hydroxylation is 1. The fraction of sp³-hybridized carbons (Fsp3) is 0.0741. The third-order valence-electron chi connectivity index (χ3n) is 6.07. The lowest BCUT2D eigenvalue weighted by molar-refractivity contribution is -0.384. The molecule has 7 heteroatoms. The van der Waals surface area contributed by atoms with Crippen molar-refractivity contribution >= 4 is 16.5 Å². The molecule has 34 heavy (non-hydrogen) atoms. The lowest BCUT2D eigenvalue weighted by atomic mass is 9.82. The van der Waals surface area contributed by atoms with Crippen molar-refractivity contribution in [2.75, 3.05) is 0 Å². The van der Waals surface area contributed by atoms with Crippen LogP contribution in [0.2, 0.25) is 0 Å². The molecule has 7 nitrogen and oxygen atoms in total. The summed E-state index contributed by atoms with van der Waals surface area (Å²) < 4.78 is 1.46. The Kier molecular flexibility index (Phi) is 5.22. The summed E-state index contributed by atoms with van der Waals surface area (Å²) in [6, 6.07) is 26.4. The zero-order chi connectivity index (χ0) is 23.8. The van der Waals surface area contributed by atoms with Gasteiger partial charge in [0, 0.05) is 29.3 Å². The average Bonchev–Trinajstić information content (AvgIpc) is 3.15. The smallest absolute Gasteiger partial charge is 0.275 e. The lowest BCUT2D eigenvalue weighted by Crippen LogP contribution is -2.21. The number of aromatic amines is 1. The van der Waals surface area contributed by atoms with Crippen LogP contribution in [0.15, 0.2) is 95.8 Å². The van der Waals surface area contributed by atoms with Crippen molar-refractivity contribution < 1.29 is 10.0 Å². The molecule has 5 rings (SSSR count). The molecule has 0 saturated heterocycles. The molecule has 4 aromatic carbocycles. The van der Waals surface area contributed by atoms with E-state index in [4.69, 9.17) is 0 Å². The van der Waals surface area contributed by atoms with Crippen molar-refractivity contribution in [1.29, 1.82) is 0 Å². The number of phenols is 1. The van der Waals surface area contributed by atoms with Crippen LogP contribution in [0, 0.1) is 17.0 Å². The van der Waals surface area contributed by atoms with E-state index in [-0.39, 0.29) is 17.0 Å². The number of phenolic OH excluding ortho intramolecular Hbond substituents is 1. The normalized spacial score (nSPS) is 12.0. The van der Waals surface area contributed by atoms with Gasteiger partial charge in [-0.05, 0) is 41.5 Å². The molecule has 0 spiro atoms. The number of hydrogen-bond donors (Lipinski definition) is 2. The number of fused-ring (bicyclic) bond motifs is 1. The van der Waals surface area contributed by atoms with E-state index in [1.807, 2.05) is 60.7 Å². The van der Waals surface area contributed by atoms with E-state index < -0.39 is 10.8 Å². The largest absolute Gasteiger partial charge is 0.508 e. The molecule has 0 aliphatic heterocycles. The maximum absolute atomic E-state index is 13.8. The number of nitrogens with one attached hydrogen (secondary N) is 1. The van der Waals surface area contributed by atoms with Gasteiger partial charge in [0.15, 0.2) is 0 Å². The van der Waals surface area contributed by atoms with Gasteiger partial charge in [0.25, 0.3) is 11.2 Å². The number of aromatic hydroxyl groups is 1. The van der Waals surface area contributed by atoms with Gasteiger partial charge in [0.2, 0.25) is 0 Å². The number of nitro groups is 1. The molecule has 0 saturated carbocycles. The summed E-state index contributed by atoms with van der Waals surface area (Å²) in [6.45, 7) is 1.79. The van der Waals surface area contributed by atoms with Crippen LogP contribution in [0.3, 0.4) is 0 Å². The Hall–Kier alpha value is -4.65. The lowest BCUT2D eigenvalue weighted by Gasteiger charge is -2.20. The Morgan fingerprint density at radius 2 is 1.65 bits per heavy atom. The Balaban J connectivity index is 1.85. The number of para-hydroxylation sites is 1. The zero-order valence-corrected chi connectivity index (χ0v) is 18.3. The quantitative estimate of drug-likeness (QED) is 0.275. The topological polar surface area (TPSA) is 101 Å². The zero-order valence-electron chi connectivity index (χ0n) is 18.3. The summed E-state index contributed by atoms with van der Waals surface area (Å²) in [7, 11) is 0. The molecule has 1 atom stereocenters. The highest BCUT2D eigenvalue weighted by Gasteiger charge is 2.30. The van der Waals surface area contributed by atoms with Crippen molar-refractivity contribution in [2.24, 2.45) is 0 Å². The van der Waals surface area contributed by atoms with Crippen molar-refractivity contribution in [3.05, 3.63) is 134 Å². The van der Waals surface area contributed by atoms with Gasteiger partial charge in [0.1, 0.15) is 5.75 Å². The molecule has 168 valence electrons. The minimum absolute atomic E-state index is 0.0152. The van der Waals surface area contributed by atoms with E-state index in [9.17, 15) is 20.0 Å². The molecule has 0 aliphatic carbocycles. The van der Waals surface area contributed by atoms with Gasteiger partial charge in [-0.25, -0.2) is 4.68 Å². The number of nitro benzene ring substituents is 1. The fourth-order valence-electron chi connectivity index (χ4n) is 4.54. The molecule has 1 aromatic heterocycles. The van der Waals surface area contributed by atoms with Gasteiger partial charge in [-0.2, -0.15) is 0 Å². The molecule has 2 N–H and O–H groups in total. The number of rotatable bonds is 5. The van der Waals surface area contributed by atoms with E-state index in [0.717, 1.165) is 10.8 Å². The van der Waals surface area contributed by atoms with Crippen LogP contribution in [-0.2, 0) is 0 Å². The van der Waals surface area contributed by atoms with Crippen LogP contribution in [-0.4, -0.2) is 19.8 Å². The summed E-state index contributed by atoms with van der Waals surface area (Å²) in [4.78, 5) is 24.8. The van der Waals surface area contributed by atoms with E-state index in [1.165, 1.54) is 16.8 Å². The molecular formula is C27H21N3O4. The first-order chi connectivity index (χ1) is 16.5. The SMILES string of the molecule is Cc1[nH]n(-c2ccccc2)c(=O)c1C(c1cccc([N+](=O)[O-])c1)c1c(O)ccc2ccccc12. The summed E-state index contributed by atoms with van der Waals surface area (Å²) in [5.74, 6) is -0.721. The first-order valence-electron chi connectivity index (χ1n) is 10.8. The molecule has 0 fully saturated rings. The Morgan fingerprint density at radius 3 is 2.41 bits per heavy atom. The molecule has 5 aromatic rings. The number of H-pyrrole nitrogens is 1. The van der Waals surface area contributed by atoms with Crippen molar-refractivity contribution in [3.63, 3.8) is 0 Å². The van der Waals surface area contributed by atoms with Gasteiger partial charge in [-0.3, -0.25) is 20.0 Å². The van der Waals surface area contributed by atoms with E-state index in [2.05, 4.69) is 5.10 Å². The van der Waals surface area contributed by atoms with Gasteiger partial charge in [0.05, 0.1) is 16.2 Å². The molecule has 0 bridgehead atoms. The second kappa shape index (κ2) is 8.37. The molecule has 1 unspecified atom stereocenters. The predicted molar refractivity (Wildman–Crippen MR) is 131 cm³/mol. The van der Waals surface area contributed by atoms with Gasteiger partial charge in [-0.1, -0.05) is 60.7 Å². The molecular weight excluding hydrogens is 430 g/mol. The summed E-state index contributed by atoms with van der Waals surface area (Å²) in [5.41, 5.74) is 2.39. The second-order valence-corrected chi connectivity index (χ2v) is 8.13. The average molecular weight is 451 g/mol. The highest BCUT2D eigenvalue weighted by Crippen LogP contribution is 2.41. The minimum atomic E-state index is -0.736. The van der Waals surface area contributed by atoms with Crippen LogP contribution in [0.1, 0.15) is 28.3 Å². The summed E-state index contributed by atoms with van der Waals surface area (Å²) in [6.07, 6.45) is 0. The van der Waals surface area contributed by atoms with Crippen LogP contribution in [0.4, 0.5) is 5.69 Å².